The van der Waals surface area contributed by atoms with E-state index in [-0.39, 0.29) is 12.1 Å². The van der Waals surface area contributed by atoms with E-state index in [0.29, 0.717) is 6.42 Å². The molecule has 0 amide bonds. The summed E-state index contributed by atoms with van der Waals surface area (Å²) >= 11 is 0. The monoisotopic (exact) mass is 252 g/mol. The van der Waals surface area contributed by atoms with E-state index < -0.39 is 0 Å². The number of esters is 1. The van der Waals surface area contributed by atoms with Gasteiger partial charge in [-0.1, -0.05) is 54.6 Å². The maximum atomic E-state index is 10.7. The third-order valence-corrected chi connectivity index (χ3v) is 3.51. The molecule has 3 rings (SSSR count). The van der Waals surface area contributed by atoms with Crippen molar-refractivity contribution >= 4 is 5.97 Å². The van der Waals surface area contributed by atoms with Gasteiger partial charge in [-0.15, -0.1) is 0 Å². The molecule has 1 aliphatic rings. The van der Waals surface area contributed by atoms with Crippen LogP contribution in [0.15, 0.2) is 54.6 Å². The minimum Gasteiger partial charge on any atom is -0.462 e. The van der Waals surface area contributed by atoms with Crippen LogP contribution in [0, 0.1) is 0 Å². The summed E-state index contributed by atoms with van der Waals surface area (Å²) in [7, 11) is 0. The molecule has 19 heavy (non-hydrogen) atoms. The van der Waals surface area contributed by atoms with Crippen LogP contribution in [0.1, 0.15) is 18.4 Å². The van der Waals surface area contributed by atoms with E-state index in [2.05, 4.69) is 36.4 Å². The molecule has 0 aromatic heterocycles. The van der Waals surface area contributed by atoms with Gasteiger partial charge >= 0.3 is 5.97 Å². The summed E-state index contributed by atoms with van der Waals surface area (Å²) < 4.78 is 5.01. The molecule has 0 radical (unpaired) electrons. The zero-order chi connectivity index (χ0) is 13.1. The molecule has 1 aliphatic heterocycles. The molecular formula is C17H16O2. The van der Waals surface area contributed by atoms with Gasteiger partial charge in [0.25, 0.3) is 0 Å². The average Bonchev–Trinajstić information content (AvgIpc) is 2.44. The predicted molar refractivity (Wildman–Crippen MR) is 74.7 cm³/mol. The average molecular weight is 252 g/mol. The number of carbonyl (C=O) groups is 1. The largest absolute Gasteiger partial charge is 0.462 e. The summed E-state index contributed by atoms with van der Waals surface area (Å²) in [4.78, 5) is 10.7. The number of carbonyl (C=O) groups excluding carboxylic acids is 1. The zero-order valence-corrected chi connectivity index (χ0v) is 10.7. The van der Waals surface area contributed by atoms with Gasteiger partial charge in [0.15, 0.2) is 0 Å². The second-order valence-corrected chi connectivity index (χ2v) is 4.92. The highest BCUT2D eigenvalue weighted by atomic mass is 16.6. The van der Waals surface area contributed by atoms with Gasteiger partial charge in [-0.25, -0.2) is 0 Å². The first-order valence-corrected chi connectivity index (χ1v) is 6.65. The molecule has 1 heterocycles. The van der Waals surface area contributed by atoms with Crippen LogP contribution in [0.5, 0.6) is 0 Å². The Morgan fingerprint density at radius 3 is 2.21 bits per heavy atom. The Kier molecular flexibility index (Phi) is 3.32. The Labute approximate surface area is 113 Å². The topological polar surface area (TPSA) is 26.3 Å². The van der Waals surface area contributed by atoms with Crippen molar-refractivity contribution in [2.24, 2.45) is 0 Å². The third kappa shape index (κ3) is 2.84. The van der Waals surface area contributed by atoms with Crippen molar-refractivity contribution < 1.29 is 9.53 Å². The quantitative estimate of drug-likeness (QED) is 0.777. The van der Waals surface area contributed by atoms with E-state index in [1.807, 2.05) is 18.2 Å². The summed E-state index contributed by atoms with van der Waals surface area (Å²) in [6.07, 6.45) is 2.62. The molecule has 1 unspecified atom stereocenters. The molecular weight excluding hydrogens is 236 g/mol. The number of rotatable bonds is 4. The van der Waals surface area contributed by atoms with Gasteiger partial charge in [0, 0.05) is 0 Å². The summed E-state index contributed by atoms with van der Waals surface area (Å²) in [5.41, 5.74) is 3.77. The Morgan fingerprint density at radius 2 is 1.58 bits per heavy atom. The molecule has 0 aliphatic carbocycles. The zero-order valence-electron chi connectivity index (χ0n) is 10.7. The van der Waals surface area contributed by atoms with Gasteiger partial charge in [-0.05, 0) is 29.5 Å². The number of ether oxygens (including phenoxy) is 1. The van der Waals surface area contributed by atoms with E-state index in [1.54, 1.807) is 0 Å². The maximum Gasteiger partial charge on any atom is 0.309 e. The van der Waals surface area contributed by atoms with Crippen LogP contribution in [0.2, 0.25) is 0 Å². The highest BCUT2D eigenvalue weighted by molar-refractivity contribution is 5.75. The fourth-order valence-corrected chi connectivity index (χ4v) is 2.35. The normalized spacial score (nSPS) is 17.7. The van der Waals surface area contributed by atoms with Gasteiger partial charge in [0.2, 0.25) is 0 Å². The lowest BCUT2D eigenvalue weighted by Crippen LogP contribution is -2.32. The van der Waals surface area contributed by atoms with Crippen LogP contribution in [-0.4, -0.2) is 12.1 Å². The standard InChI is InChI=1S/C17H16O2/c18-17-12-16(19-17)11-8-13-6-9-15(10-7-13)14-4-2-1-3-5-14/h1-7,9-10,16H,8,11-12H2. The van der Waals surface area contributed by atoms with Crippen molar-refractivity contribution in [3.8, 4) is 11.1 Å². The lowest BCUT2D eigenvalue weighted by molar-refractivity contribution is -0.169. The molecule has 96 valence electrons. The molecule has 0 N–H and O–H groups in total. The maximum absolute atomic E-state index is 10.7. The van der Waals surface area contributed by atoms with Gasteiger partial charge in [-0.3, -0.25) is 4.79 Å². The second kappa shape index (κ2) is 5.27. The first-order valence-electron chi connectivity index (χ1n) is 6.65. The van der Waals surface area contributed by atoms with Gasteiger partial charge in [0.1, 0.15) is 6.10 Å². The molecule has 2 aromatic rings. The van der Waals surface area contributed by atoms with Gasteiger partial charge in [-0.2, -0.15) is 0 Å². The molecule has 0 bridgehead atoms. The van der Waals surface area contributed by atoms with E-state index in [9.17, 15) is 4.79 Å². The minimum absolute atomic E-state index is 0.0653. The molecule has 1 saturated heterocycles. The van der Waals surface area contributed by atoms with E-state index >= 15 is 0 Å². The van der Waals surface area contributed by atoms with E-state index in [1.165, 1.54) is 16.7 Å². The highest BCUT2D eigenvalue weighted by Crippen LogP contribution is 2.22. The predicted octanol–water partition coefficient (Wildman–Crippen LogP) is 3.60. The van der Waals surface area contributed by atoms with Crippen molar-refractivity contribution in [1.29, 1.82) is 0 Å². The third-order valence-electron chi connectivity index (χ3n) is 3.51. The van der Waals surface area contributed by atoms with Crippen molar-refractivity contribution in [2.45, 2.75) is 25.4 Å². The Morgan fingerprint density at radius 1 is 0.947 bits per heavy atom. The van der Waals surface area contributed by atoms with Crippen LogP contribution in [0.25, 0.3) is 11.1 Å². The molecule has 2 aromatic carbocycles. The molecule has 1 fully saturated rings. The van der Waals surface area contributed by atoms with Crippen molar-refractivity contribution in [3.63, 3.8) is 0 Å². The Hall–Kier alpha value is -2.09. The van der Waals surface area contributed by atoms with Gasteiger partial charge < -0.3 is 4.74 Å². The number of hydrogen-bond donors (Lipinski definition) is 0. The van der Waals surface area contributed by atoms with Crippen molar-refractivity contribution in [1.82, 2.24) is 0 Å². The molecule has 0 saturated carbocycles. The number of aryl methyl sites for hydroxylation is 1. The fraction of sp³-hybridized carbons (Fsp3) is 0.235. The molecule has 1 atom stereocenters. The number of cyclic esters (lactones) is 1. The summed E-state index contributed by atoms with van der Waals surface area (Å²) in [6.45, 7) is 0. The minimum atomic E-state index is -0.0653. The second-order valence-electron chi connectivity index (χ2n) is 4.92. The molecule has 2 heteroatoms. The summed E-state index contributed by atoms with van der Waals surface area (Å²) in [6, 6.07) is 19.0. The van der Waals surface area contributed by atoms with Crippen molar-refractivity contribution in [2.75, 3.05) is 0 Å². The van der Waals surface area contributed by atoms with Crippen LogP contribution in [-0.2, 0) is 16.0 Å². The fourth-order valence-electron chi connectivity index (χ4n) is 2.35. The Balaban J connectivity index is 1.61. The molecule has 0 spiro atoms. The number of hydrogen-bond acceptors (Lipinski definition) is 2. The smallest absolute Gasteiger partial charge is 0.309 e. The van der Waals surface area contributed by atoms with Crippen LogP contribution < -0.4 is 0 Å². The first kappa shape index (κ1) is 12.0. The van der Waals surface area contributed by atoms with E-state index in [4.69, 9.17) is 4.74 Å². The summed E-state index contributed by atoms with van der Waals surface area (Å²) in [5, 5.41) is 0. The molecule has 2 nitrogen and oxygen atoms in total. The van der Waals surface area contributed by atoms with Crippen LogP contribution in [0.4, 0.5) is 0 Å². The first-order chi connectivity index (χ1) is 9.31. The lowest BCUT2D eigenvalue weighted by atomic mass is 9.99. The highest BCUT2D eigenvalue weighted by Gasteiger charge is 2.27. The van der Waals surface area contributed by atoms with Crippen LogP contribution >= 0.6 is 0 Å². The Bertz CT molecular complexity index is 550. The van der Waals surface area contributed by atoms with E-state index in [0.717, 1.165) is 12.8 Å². The van der Waals surface area contributed by atoms with Crippen LogP contribution in [0.3, 0.4) is 0 Å². The number of benzene rings is 2. The summed E-state index contributed by atoms with van der Waals surface area (Å²) in [5.74, 6) is -0.0653. The van der Waals surface area contributed by atoms with Crippen molar-refractivity contribution in [3.05, 3.63) is 60.2 Å². The van der Waals surface area contributed by atoms with Gasteiger partial charge in [0.05, 0.1) is 6.42 Å². The lowest BCUT2D eigenvalue weighted by Gasteiger charge is -2.25. The SMILES string of the molecule is O=C1CC(CCc2ccc(-c3ccccc3)cc2)O1.